The van der Waals surface area contributed by atoms with Crippen molar-refractivity contribution in [1.29, 1.82) is 0 Å². The fourth-order valence-electron chi connectivity index (χ4n) is 0.985. The van der Waals surface area contributed by atoms with Crippen molar-refractivity contribution in [3.8, 4) is 0 Å². The summed E-state index contributed by atoms with van der Waals surface area (Å²) >= 11 is 0. The van der Waals surface area contributed by atoms with Crippen LogP contribution in [0.5, 0.6) is 0 Å². The van der Waals surface area contributed by atoms with Crippen LogP contribution in [-0.2, 0) is 0 Å². The zero-order chi connectivity index (χ0) is 10.6. The summed E-state index contributed by atoms with van der Waals surface area (Å²) in [5, 5.41) is 17.9. The molecule has 0 amide bonds. The number of nitrogens with zero attached hydrogens (tertiary/aromatic N) is 1. The molecule has 5 nitrogen and oxygen atoms in total. The van der Waals surface area contributed by atoms with E-state index in [0.717, 1.165) is 39.3 Å². The first-order valence-corrected chi connectivity index (χ1v) is 5.15. The molecule has 0 bridgehead atoms. The first-order valence-electron chi connectivity index (χ1n) is 5.15. The van der Waals surface area contributed by atoms with Gasteiger partial charge in [0, 0.05) is 39.3 Å². The van der Waals surface area contributed by atoms with Crippen LogP contribution >= 0.6 is 0 Å². The summed E-state index contributed by atoms with van der Waals surface area (Å²) in [5.41, 5.74) is 0. The minimum Gasteiger partial charge on any atom is -0.381 e. The molecule has 0 aliphatic heterocycles. The van der Waals surface area contributed by atoms with Crippen molar-refractivity contribution in [2.75, 3.05) is 60.1 Å². The summed E-state index contributed by atoms with van der Waals surface area (Å²) in [7, 11) is 4.14. The number of hydrogen-bond donors (Lipinski definition) is 4. The predicted octanol–water partition coefficient (Wildman–Crippen LogP) is -1.73. The van der Waals surface area contributed by atoms with Crippen LogP contribution in [0.4, 0.5) is 0 Å². The van der Waals surface area contributed by atoms with Crippen LogP contribution < -0.4 is 16.0 Å². The Morgan fingerprint density at radius 3 is 1.86 bits per heavy atom. The van der Waals surface area contributed by atoms with Gasteiger partial charge in [-0.3, -0.25) is 5.32 Å². The molecule has 0 saturated heterocycles. The molecule has 0 heterocycles. The third kappa shape index (κ3) is 11.8. The van der Waals surface area contributed by atoms with E-state index in [2.05, 4.69) is 34.9 Å². The molecular formula is C9H24N4O. The minimum absolute atomic E-state index is 0.0583. The normalized spacial score (nSPS) is 11.1. The van der Waals surface area contributed by atoms with Gasteiger partial charge in [0.2, 0.25) is 0 Å². The Morgan fingerprint density at radius 1 is 0.857 bits per heavy atom. The zero-order valence-corrected chi connectivity index (χ0v) is 9.34. The van der Waals surface area contributed by atoms with Crippen molar-refractivity contribution in [2.45, 2.75) is 0 Å². The van der Waals surface area contributed by atoms with Crippen LogP contribution in [0.2, 0.25) is 0 Å². The molecule has 5 heteroatoms. The van der Waals surface area contributed by atoms with Gasteiger partial charge in [-0.25, -0.2) is 0 Å². The quantitative estimate of drug-likeness (QED) is 0.252. The maximum absolute atomic E-state index is 8.44. The summed E-state index contributed by atoms with van der Waals surface area (Å²) in [6, 6.07) is 0. The van der Waals surface area contributed by atoms with Crippen molar-refractivity contribution in [2.24, 2.45) is 0 Å². The molecule has 14 heavy (non-hydrogen) atoms. The Hall–Kier alpha value is -0.200. The van der Waals surface area contributed by atoms with Crippen molar-refractivity contribution in [3.05, 3.63) is 0 Å². The molecule has 0 aromatic heterocycles. The van der Waals surface area contributed by atoms with Gasteiger partial charge >= 0.3 is 0 Å². The first-order chi connectivity index (χ1) is 6.77. The second kappa shape index (κ2) is 10.9. The maximum Gasteiger partial charge on any atom is 0.0931 e. The van der Waals surface area contributed by atoms with Crippen LogP contribution in [0.1, 0.15) is 0 Å². The van der Waals surface area contributed by atoms with Crippen LogP contribution in [0.3, 0.4) is 0 Å². The molecule has 4 N–H and O–H groups in total. The summed E-state index contributed by atoms with van der Waals surface area (Å²) in [5.74, 6) is 0. The summed E-state index contributed by atoms with van der Waals surface area (Å²) in [6.45, 7) is 5.84. The Bertz CT molecular complexity index is 111. The van der Waals surface area contributed by atoms with Crippen LogP contribution in [0.15, 0.2) is 0 Å². The Balaban J connectivity index is 2.85. The number of hydrogen-bond acceptors (Lipinski definition) is 5. The van der Waals surface area contributed by atoms with Crippen molar-refractivity contribution >= 4 is 0 Å². The average Bonchev–Trinajstić information content (AvgIpc) is 2.15. The SMILES string of the molecule is CN(C)CCNCCNCCNCO. The van der Waals surface area contributed by atoms with E-state index in [4.69, 9.17) is 5.11 Å². The fourth-order valence-corrected chi connectivity index (χ4v) is 0.985. The Kier molecular flexibility index (Phi) is 10.7. The van der Waals surface area contributed by atoms with E-state index in [1.165, 1.54) is 0 Å². The maximum atomic E-state index is 8.44. The molecule has 0 rings (SSSR count). The first kappa shape index (κ1) is 13.8. The van der Waals surface area contributed by atoms with Gasteiger partial charge < -0.3 is 20.6 Å². The third-order valence-corrected chi connectivity index (χ3v) is 1.80. The molecule has 0 saturated carbocycles. The molecule has 0 unspecified atom stereocenters. The molecule has 0 spiro atoms. The highest BCUT2D eigenvalue weighted by atomic mass is 16.3. The molecule has 0 atom stereocenters. The predicted molar refractivity (Wildman–Crippen MR) is 59.4 cm³/mol. The van der Waals surface area contributed by atoms with Crippen LogP contribution in [-0.4, -0.2) is 70.1 Å². The zero-order valence-electron chi connectivity index (χ0n) is 9.34. The lowest BCUT2D eigenvalue weighted by Gasteiger charge is -2.10. The fraction of sp³-hybridized carbons (Fsp3) is 1.00. The molecule has 0 aliphatic rings. The van der Waals surface area contributed by atoms with E-state index in [0.29, 0.717) is 0 Å². The lowest BCUT2D eigenvalue weighted by molar-refractivity contribution is 0.261. The molecular weight excluding hydrogens is 180 g/mol. The smallest absolute Gasteiger partial charge is 0.0931 e. The number of aliphatic hydroxyl groups is 1. The highest BCUT2D eigenvalue weighted by Gasteiger charge is 1.90. The van der Waals surface area contributed by atoms with Gasteiger partial charge in [-0.2, -0.15) is 0 Å². The van der Waals surface area contributed by atoms with E-state index in [1.807, 2.05) is 0 Å². The van der Waals surface area contributed by atoms with Gasteiger partial charge in [0.15, 0.2) is 0 Å². The van der Waals surface area contributed by atoms with Crippen molar-refractivity contribution < 1.29 is 5.11 Å². The molecule has 0 radical (unpaired) electrons. The van der Waals surface area contributed by atoms with Gasteiger partial charge in [0.1, 0.15) is 0 Å². The topological polar surface area (TPSA) is 59.6 Å². The largest absolute Gasteiger partial charge is 0.381 e. The van der Waals surface area contributed by atoms with E-state index < -0.39 is 0 Å². The monoisotopic (exact) mass is 204 g/mol. The Labute approximate surface area is 86.9 Å². The van der Waals surface area contributed by atoms with Gasteiger partial charge in [-0.05, 0) is 14.1 Å². The van der Waals surface area contributed by atoms with Gasteiger partial charge in [0.25, 0.3) is 0 Å². The Morgan fingerprint density at radius 2 is 1.36 bits per heavy atom. The summed E-state index contributed by atoms with van der Waals surface area (Å²) in [4.78, 5) is 2.16. The highest BCUT2D eigenvalue weighted by molar-refractivity contribution is 4.54. The second-order valence-electron chi connectivity index (χ2n) is 3.46. The van der Waals surface area contributed by atoms with E-state index >= 15 is 0 Å². The number of rotatable bonds is 10. The van der Waals surface area contributed by atoms with Crippen molar-refractivity contribution in [3.63, 3.8) is 0 Å². The van der Waals surface area contributed by atoms with Crippen LogP contribution in [0, 0.1) is 0 Å². The van der Waals surface area contributed by atoms with E-state index in [1.54, 1.807) is 0 Å². The molecule has 0 fully saturated rings. The highest BCUT2D eigenvalue weighted by Crippen LogP contribution is 1.69. The minimum atomic E-state index is 0.0583. The number of nitrogens with one attached hydrogen (secondary N) is 3. The molecule has 86 valence electrons. The lowest BCUT2D eigenvalue weighted by atomic mass is 10.5. The number of likely N-dealkylation sites (N-methyl/N-ethyl adjacent to an activating group) is 1. The molecule has 0 aliphatic carbocycles. The average molecular weight is 204 g/mol. The lowest BCUT2D eigenvalue weighted by Crippen LogP contribution is -2.35. The summed E-state index contributed by atoms with van der Waals surface area (Å²) in [6.07, 6.45) is 0. The van der Waals surface area contributed by atoms with Crippen molar-refractivity contribution in [1.82, 2.24) is 20.9 Å². The van der Waals surface area contributed by atoms with Crippen LogP contribution in [0.25, 0.3) is 0 Å². The van der Waals surface area contributed by atoms with Gasteiger partial charge in [-0.15, -0.1) is 0 Å². The van der Waals surface area contributed by atoms with Gasteiger partial charge in [-0.1, -0.05) is 0 Å². The van der Waals surface area contributed by atoms with E-state index in [9.17, 15) is 0 Å². The van der Waals surface area contributed by atoms with E-state index in [-0.39, 0.29) is 6.73 Å². The molecule has 0 aromatic rings. The second-order valence-corrected chi connectivity index (χ2v) is 3.46. The third-order valence-electron chi connectivity index (χ3n) is 1.80. The molecule has 0 aromatic carbocycles. The summed E-state index contributed by atoms with van der Waals surface area (Å²) < 4.78 is 0. The standard InChI is InChI=1S/C9H24N4O/c1-13(2)8-7-11-4-3-10-5-6-12-9-14/h10-12,14H,3-9H2,1-2H3. The van der Waals surface area contributed by atoms with Gasteiger partial charge in [0.05, 0.1) is 6.73 Å². The number of aliphatic hydroxyl groups excluding tert-OH is 1.